The van der Waals surface area contributed by atoms with Gasteiger partial charge in [-0.05, 0) is 68.7 Å². The highest BCUT2D eigenvalue weighted by Crippen LogP contribution is 2.26. The standard InChI is InChI=1S/C11H22N2O.C8H15NO/c1-10(2,3)12-7-8-13(9(12)14)11(4,5)6;1-8(2,3)9-6-4-5-7(9)10/h7-8H2,1-6H3;4-6H2,1-3H3. The Morgan fingerprint density at radius 3 is 1.17 bits per heavy atom. The van der Waals surface area contributed by atoms with Crippen LogP contribution in [0.2, 0.25) is 0 Å². The number of carbonyl (C=O) groups excluding carboxylic acids is 2. The van der Waals surface area contributed by atoms with Gasteiger partial charge < -0.3 is 14.7 Å². The van der Waals surface area contributed by atoms with E-state index in [-0.39, 0.29) is 22.6 Å². The molecule has 0 aliphatic carbocycles. The summed E-state index contributed by atoms with van der Waals surface area (Å²) in [5.74, 6) is 0.313. The molecule has 24 heavy (non-hydrogen) atoms. The molecule has 2 aliphatic rings. The Bertz CT molecular complexity index is 442. The van der Waals surface area contributed by atoms with E-state index in [1.165, 1.54) is 0 Å². The molecule has 0 aromatic rings. The summed E-state index contributed by atoms with van der Waals surface area (Å²) < 4.78 is 0. The maximum Gasteiger partial charge on any atom is 0.320 e. The monoisotopic (exact) mass is 339 g/mol. The minimum Gasteiger partial charge on any atom is -0.338 e. The smallest absolute Gasteiger partial charge is 0.320 e. The first-order valence-electron chi connectivity index (χ1n) is 9.05. The van der Waals surface area contributed by atoms with Crippen LogP contribution in [0, 0.1) is 0 Å². The van der Waals surface area contributed by atoms with Gasteiger partial charge >= 0.3 is 6.03 Å². The normalized spacial score (nSPS) is 19.8. The minimum atomic E-state index is -0.0584. The molecule has 140 valence electrons. The number of nitrogens with zero attached hydrogens (tertiary/aromatic N) is 3. The third kappa shape index (κ3) is 5.12. The minimum absolute atomic E-state index is 0.0353. The number of carbonyl (C=O) groups is 2. The molecule has 0 spiro atoms. The Morgan fingerprint density at radius 2 is 1.00 bits per heavy atom. The summed E-state index contributed by atoms with van der Waals surface area (Å²) in [6.45, 7) is 21.4. The largest absolute Gasteiger partial charge is 0.338 e. The van der Waals surface area contributed by atoms with Crippen molar-refractivity contribution in [3.63, 3.8) is 0 Å². The second-order valence-electron chi connectivity index (χ2n) is 9.75. The maximum absolute atomic E-state index is 12.1. The molecule has 2 aliphatic heterocycles. The topological polar surface area (TPSA) is 43.9 Å². The van der Waals surface area contributed by atoms with E-state index in [0.717, 1.165) is 32.5 Å². The predicted molar refractivity (Wildman–Crippen MR) is 99.0 cm³/mol. The number of hydrogen-bond acceptors (Lipinski definition) is 2. The highest BCUT2D eigenvalue weighted by atomic mass is 16.2. The molecule has 0 radical (unpaired) electrons. The van der Waals surface area contributed by atoms with Crippen molar-refractivity contribution in [2.75, 3.05) is 19.6 Å². The molecule has 3 amide bonds. The first-order valence-corrected chi connectivity index (χ1v) is 9.05. The lowest BCUT2D eigenvalue weighted by Gasteiger charge is -2.35. The van der Waals surface area contributed by atoms with Crippen LogP contribution in [0.3, 0.4) is 0 Å². The van der Waals surface area contributed by atoms with Crippen LogP contribution in [0.4, 0.5) is 4.79 Å². The Labute approximate surface area is 148 Å². The van der Waals surface area contributed by atoms with Crippen LogP contribution in [0.15, 0.2) is 0 Å². The highest BCUT2D eigenvalue weighted by Gasteiger charge is 2.40. The molecule has 5 nitrogen and oxygen atoms in total. The summed E-state index contributed by atoms with van der Waals surface area (Å²) in [5.41, 5.74) is -0.0816. The SMILES string of the molecule is CC(C)(C)N1CCCC1=O.CC(C)(C)N1CCN(C(C)(C)C)C1=O. The van der Waals surface area contributed by atoms with E-state index in [9.17, 15) is 9.59 Å². The molecule has 2 rings (SSSR count). The van der Waals surface area contributed by atoms with E-state index >= 15 is 0 Å². The molecule has 2 saturated heterocycles. The number of urea groups is 1. The third-order valence-corrected chi connectivity index (χ3v) is 4.51. The average Bonchev–Trinajstić information content (AvgIpc) is 2.93. The van der Waals surface area contributed by atoms with Crippen LogP contribution in [0.5, 0.6) is 0 Å². The van der Waals surface area contributed by atoms with Gasteiger partial charge in [0.25, 0.3) is 0 Å². The van der Waals surface area contributed by atoms with E-state index in [4.69, 9.17) is 0 Å². The summed E-state index contributed by atoms with van der Waals surface area (Å²) in [7, 11) is 0. The Balaban J connectivity index is 0.000000254. The quantitative estimate of drug-likeness (QED) is 0.675. The predicted octanol–water partition coefficient (Wildman–Crippen LogP) is 3.73. The zero-order valence-electron chi connectivity index (χ0n) is 17.2. The first-order chi connectivity index (χ1) is 10.7. The van der Waals surface area contributed by atoms with Crippen LogP contribution in [0.1, 0.15) is 75.2 Å². The highest BCUT2D eigenvalue weighted by molar-refractivity contribution is 5.79. The fraction of sp³-hybridized carbons (Fsp3) is 0.895. The van der Waals surface area contributed by atoms with Gasteiger partial charge in [0.1, 0.15) is 0 Å². The van der Waals surface area contributed by atoms with Crippen molar-refractivity contribution in [1.82, 2.24) is 14.7 Å². The fourth-order valence-electron chi connectivity index (χ4n) is 3.14. The second kappa shape index (κ2) is 6.93. The summed E-state index contributed by atoms with van der Waals surface area (Å²) >= 11 is 0. The molecule has 0 atom stereocenters. The van der Waals surface area contributed by atoms with Crippen molar-refractivity contribution in [1.29, 1.82) is 0 Å². The van der Waals surface area contributed by atoms with Crippen molar-refractivity contribution >= 4 is 11.9 Å². The lowest BCUT2D eigenvalue weighted by Crippen LogP contribution is -2.48. The summed E-state index contributed by atoms with van der Waals surface area (Å²) in [4.78, 5) is 29.0. The van der Waals surface area contributed by atoms with E-state index in [1.54, 1.807) is 0 Å². The summed E-state index contributed by atoms with van der Waals surface area (Å²) in [6, 6.07) is 0.171. The average molecular weight is 340 g/mol. The fourth-order valence-corrected chi connectivity index (χ4v) is 3.14. The van der Waals surface area contributed by atoms with Gasteiger partial charge in [-0.2, -0.15) is 0 Å². The maximum atomic E-state index is 12.1. The molecule has 0 aromatic carbocycles. The molecular formula is C19H37N3O2. The third-order valence-electron chi connectivity index (χ3n) is 4.51. The Hall–Kier alpha value is -1.26. The van der Waals surface area contributed by atoms with Crippen molar-refractivity contribution in [3.8, 4) is 0 Å². The molecule has 0 bridgehead atoms. The van der Waals surface area contributed by atoms with Gasteiger partial charge in [0.05, 0.1) is 0 Å². The van der Waals surface area contributed by atoms with Crippen LogP contribution in [0.25, 0.3) is 0 Å². The molecule has 0 unspecified atom stereocenters. The first kappa shape index (κ1) is 20.8. The van der Waals surface area contributed by atoms with Gasteiger partial charge in [-0.25, -0.2) is 4.79 Å². The molecule has 5 heteroatoms. The van der Waals surface area contributed by atoms with Crippen LogP contribution in [-0.4, -0.2) is 62.9 Å². The molecule has 2 fully saturated rings. The molecule has 0 saturated carbocycles. The number of rotatable bonds is 0. The lowest BCUT2D eigenvalue weighted by molar-refractivity contribution is -0.131. The Kier molecular flexibility index (Phi) is 6.00. The number of likely N-dealkylation sites (tertiary alicyclic amines) is 1. The van der Waals surface area contributed by atoms with Crippen molar-refractivity contribution < 1.29 is 9.59 Å². The molecule has 0 N–H and O–H groups in total. The lowest BCUT2D eigenvalue weighted by atomic mass is 10.1. The Morgan fingerprint density at radius 1 is 0.625 bits per heavy atom. The van der Waals surface area contributed by atoms with Gasteiger partial charge in [0, 0.05) is 42.7 Å². The zero-order valence-corrected chi connectivity index (χ0v) is 17.2. The van der Waals surface area contributed by atoms with E-state index in [2.05, 4.69) is 62.3 Å². The van der Waals surface area contributed by atoms with E-state index in [0.29, 0.717) is 5.91 Å². The van der Waals surface area contributed by atoms with Gasteiger partial charge in [-0.3, -0.25) is 4.79 Å². The molecule has 2 heterocycles. The second-order valence-corrected chi connectivity index (χ2v) is 9.75. The zero-order chi connectivity index (χ0) is 18.9. The van der Waals surface area contributed by atoms with E-state index < -0.39 is 0 Å². The summed E-state index contributed by atoms with van der Waals surface area (Å²) in [5, 5.41) is 0. The molecular weight excluding hydrogens is 302 g/mol. The summed E-state index contributed by atoms with van der Waals surface area (Å²) in [6.07, 6.45) is 1.79. The number of hydrogen-bond donors (Lipinski definition) is 0. The van der Waals surface area contributed by atoms with Gasteiger partial charge in [-0.1, -0.05) is 0 Å². The van der Waals surface area contributed by atoms with Gasteiger partial charge in [-0.15, -0.1) is 0 Å². The molecule has 0 aromatic heterocycles. The van der Waals surface area contributed by atoms with Gasteiger partial charge in [0.2, 0.25) is 5.91 Å². The van der Waals surface area contributed by atoms with Crippen molar-refractivity contribution in [2.45, 2.75) is 91.8 Å². The van der Waals surface area contributed by atoms with Crippen molar-refractivity contribution in [2.24, 2.45) is 0 Å². The van der Waals surface area contributed by atoms with Gasteiger partial charge in [0.15, 0.2) is 0 Å². The van der Waals surface area contributed by atoms with E-state index in [1.807, 2.05) is 14.7 Å². The van der Waals surface area contributed by atoms with Crippen LogP contribution in [-0.2, 0) is 4.79 Å². The van der Waals surface area contributed by atoms with Crippen molar-refractivity contribution in [3.05, 3.63) is 0 Å². The van der Waals surface area contributed by atoms with Crippen LogP contribution >= 0.6 is 0 Å². The van der Waals surface area contributed by atoms with Crippen LogP contribution < -0.4 is 0 Å². The number of amides is 3.